The van der Waals surface area contributed by atoms with Crippen molar-refractivity contribution in [1.82, 2.24) is 19.5 Å². The number of aromatic nitrogens is 4. The van der Waals surface area contributed by atoms with Crippen LogP contribution in [0.3, 0.4) is 0 Å². The summed E-state index contributed by atoms with van der Waals surface area (Å²) < 4.78 is 2.24. The molecule has 0 radical (unpaired) electrons. The molecule has 0 aliphatic rings. The summed E-state index contributed by atoms with van der Waals surface area (Å²) in [6, 6.07) is 12.1. The summed E-state index contributed by atoms with van der Waals surface area (Å²) in [5.74, 6) is 1.49. The van der Waals surface area contributed by atoms with Gasteiger partial charge in [0.25, 0.3) is 0 Å². The fourth-order valence-electron chi connectivity index (χ4n) is 3.29. The predicted octanol–water partition coefficient (Wildman–Crippen LogP) is 5.92. The highest BCUT2D eigenvalue weighted by molar-refractivity contribution is 6.33. The lowest BCUT2D eigenvalue weighted by Crippen LogP contribution is -2.01. The maximum absolute atomic E-state index is 6.54. The van der Waals surface area contributed by atoms with E-state index in [9.17, 15) is 0 Å². The summed E-state index contributed by atoms with van der Waals surface area (Å²) in [4.78, 5) is 13.7. The van der Waals surface area contributed by atoms with Crippen molar-refractivity contribution >= 4 is 34.1 Å². The Morgan fingerprint density at radius 2 is 1.93 bits per heavy atom. The Labute approximate surface area is 169 Å². The van der Waals surface area contributed by atoms with E-state index in [0.717, 1.165) is 52.3 Å². The second kappa shape index (κ2) is 7.60. The van der Waals surface area contributed by atoms with Crippen LogP contribution in [0.5, 0.6) is 0 Å². The Morgan fingerprint density at radius 3 is 2.64 bits per heavy atom. The standard InChI is InChI=1S/C22H22ClN5/c1-4-10-28-19-7-5-6-14(2)20(19)27-22(28)16-11-18(23)21(25-12-16)26-17-9-8-15(3)24-13-17/h5-9,11-13H,4,10H2,1-3H3,(H,25,26). The first kappa shape index (κ1) is 18.4. The van der Waals surface area contributed by atoms with Crippen molar-refractivity contribution < 1.29 is 0 Å². The van der Waals surface area contributed by atoms with E-state index in [1.165, 1.54) is 0 Å². The normalized spacial score (nSPS) is 11.1. The number of hydrogen-bond acceptors (Lipinski definition) is 4. The summed E-state index contributed by atoms with van der Waals surface area (Å²) >= 11 is 6.54. The number of rotatable bonds is 5. The number of benzene rings is 1. The van der Waals surface area contributed by atoms with Gasteiger partial charge < -0.3 is 9.88 Å². The molecule has 3 heterocycles. The van der Waals surface area contributed by atoms with Crippen molar-refractivity contribution in [3.05, 3.63) is 65.1 Å². The molecule has 4 rings (SSSR count). The first-order valence-electron chi connectivity index (χ1n) is 9.38. The van der Waals surface area contributed by atoms with E-state index in [-0.39, 0.29) is 0 Å². The van der Waals surface area contributed by atoms with Gasteiger partial charge in [-0.25, -0.2) is 9.97 Å². The number of fused-ring (bicyclic) bond motifs is 1. The Hall–Kier alpha value is -2.92. The highest BCUT2D eigenvalue weighted by Gasteiger charge is 2.15. The van der Waals surface area contributed by atoms with Crippen LogP contribution in [0.25, 0.3) is 22.4 Å². The average Bonchev–Trinajstić information content (AvgIpc) is 3.05. The summed E-state index contributed by atoms with van der Waals surface area (Å²) in [7, 11) is 0. The van der Waals surface area contributed by atoms with Crippen molar-refractivity contribution in [2.75, 3.05) is 5.32 Å². The van der Waals surface area contributed by atoms with E-state index in [4.69, 9.17) is 16.6 Å². The summed E-state index contributed by atoms with van der Waals surface area (Å²) in [5, 5.41) is 3.77. The number of halogens is 1. The first-order valence-corrected chi connectivity index (χ1v) is 9.76. The van der Waals surface area contributed by atoms with E-state index in [1.807, 2.05) is 31.3 Å². The van der Waals surface area contributed by atoms with Gasteiger partial charge in [-0.05, 0) is 50.1 Å². The van der Waals surface area contributed by atoms with Crippen molar-refractivity contribution in [2.24, 2.45) is 0 Å². The van der Waals surface area contributed by atoms with Gasteiger partial charge in [-0.15, -0.1) is 0 Å². The monoisotopic (exact) mass is 391 g/mol. The van der Waals surface area contributed by atoms with Crippen LogP contribution in [-0.4, -0.2) is 19.5 Å². The number of anilines is 2. The van der Waals surface area contributed by atoms with Crippen LogP contribution in [0.15, 0.2) is 48.8 Å². The van der Waals surface area contributed by atoms with Crippen LogP contribution < -0.4 is 5.32 Å². The van der Waals surface area contributed by atoms with Crippen LogP contribution in [0.4, 0.5) is 11.5 Å². The summed E-state index contributed by atoms with van der Waals surface area (Å²) in [6.45, 7) is 7.10. The zero-order valence-electron chi connectivity index (χ0n) is 16.2. The van der Waals surface area contributed by atoms with Crippen LogP contribution in [0.2, 0.25) is 5.02 Å². The highest BCUT2D eigenvalue weighted by atomic mass is 35.5. The zero-order valence-corrected chi connectivity index (χ0v) is 17.0. The molecule has 0 spiro atoms. The lowest BCUT2D eigenvalue weighted by molar-refractivity contribution is 0.704. The molecule has 1 aromatic carbocycles. The van der Waals surface area contributed by atoms with E-state index < -0.39 is 0 Å². The Balaban J connectivity index is 1.74. The van der Waals surface area contributed by atoms with Crippen molar-refractivity contribution in [1.29, 1.82) is 0 Å². The first-order chi connectivity index (χ1) is 13.6. The second-order valence-corrected chi connectivity index (χ2v) is 7.30. The quantitative estimate of drug-likeness (QED) is 0.459. The molecule has 0 amide bonds. The Kier molecular flexibility index (Phi) is 5.01. The molecule has 6 heteroatoms. The number of imidazole rings is 1. The molecule has 5 nitrogen and oxygen atoms in total. The number of nitrogens with one attached hydrogen (secondary N) is 1. The maximum Gasteiger partial charge on any atom is 0.149 e. The number of aryl methyl sites for hydroxylation is 3. The molecule has 0 saturated carbocycles. The molecule has 28 heavy (non-hydrogen) atoms. The van der Waals surface area contributed by atoms with Gasteiger partial charge in [-0.1, -0.05) is 30.7 Å². The fourth-order valence-corrected chi connectivity index (χ4v) is 3.50. The van der Waals surface area contributed by atoms with Crippen LogP contribution in [-0.2, 0) is 6.54 Å². The minimum atomic E-state index is 0.546. The molecule has 0 aliphatic carbocycles. The molecule has 0 atom stereocenters. The zero-order chi connectivity index (χ0) is 19.7. The molecular weight excluding hydrogens is 370 g/mol. The topological polar surface area (TPSA) is 55.6 Å². The number of para-hydroxylation sites is 1. The third-order valence-corrected chi connectivity index (χ3v) is 4.99. The van der Waals surface area contributed by atoms with Crippen molar-refractivity contribution in [3.63, 3.8) is 0 Å². The third-order valence-electron chi connectivity index (χ3n) is 4.70. The number of nitrogens with zero attached hydrogens (tertiary/aromatic N) is 4. The molecule has 142 valence electrons. The van der Waals surface area contributed by atoms with Gasteiger partial charge in [0.2, 0.25) is 0 Å². The smallest absolute Gasteiger partial charge is 0.149 e. The SMILES string of the molecule is CCCn1c(-c2cnc(Nc3ccc(C)nc3)c(Cl)c2)nc2c(C)cccc21. The van der Waals surface area contributed by atoms with E-state index in [1.54, 1.807) is 6.20 Å². The summed E-state index contributed by atoms with van der Waals surface area (Å²) in [6.07, 6.45) is 4.61. The third kappa shape index (κ3) is 3.45. The van der Waals surface area contributed by atoms with Gasteiger partial charge in [0.05, 0.1) is 27.9 Å². The average molecular weight is 392 g/mol. The molecule has 3 aromatic heterocycles. The van der Waals surface area contributed by atoms with Gasteiger partial charge in [0, 0.05) is 24.0 Å². The molecule has 0 fully saturated rings. The van der Waals surface area contributed by atoms with Crippen molar-refractivity contribution in [2.45, 2.75) is 33.7 Å². The Bertz CT molecular complexity index is 1130. The number of pyridine rings is 2. The van der Waals surface area contributed by atoms with Gasteiger partial charge >= 0.3 is 0 Å². The highest BCUT2D eigenvalue weighted by Crippen LogP contribution is 2.31. The van der Waals surface area contributed by atoms with Gasteiger partial charge in [-0.3, -0.25) is 4.98 Å². The van der Waals surface area contributed by atoms with Crippen LogP contribution in [0.1, 0.15) is 24.6 Å². The Morgan fingerprint density at radius 1 is 1.07 bits per heavy atom. The largest absolute Gasteiger partial charge is 0.338 e. The lowest BCUT2D eigenvalue weighted by atomic mass is 10.2. The van der Waals surface area contributed by atoms with Crippen LogP contribution >= 0.6 is 11.6 Å². The molecule has 0 aliphatic heterocycles. The second-order valence-electron chi connectivity index (χ2n) is 6.90. The minimum absolute atomic E-state index is 0.546. The van der Waals surface area contributed by atoms with Gasteiger partial charge in [-0.2, -0.15) is 0 Å². The molecule has 0 bridgehead atoms. The van der Waals surface area contributed by atoms with E-state index in [0.29, 0.717) is 10.8 Å². The minimum Gasteiger partial charge on any atom is -0.338 e. The van der Waals surface area contributed by atoms with E-state index in [2.05, 4.69) is 51.9 Å². The number of hydrogen-bond donors (Lipinski definition) is 1. The fraction of sp³-hybridized carbons (Fsp3) is 0.227. The maximum atomic E-state index is 6.54. The van der Waals surface area contributed by atoms with Crippen molar-refractivity contribution in [3.8, 4) is 11.4 Å². The van der Waals surface area contributed by atoms with Gasteiger partial charge in [0.15, 0.2) is 0 Å². The van der Waals surface area contributed by atoms with E-state index >= 15 is 0 Å². The molecular formula is C22H22ClN5. The molecule has 0 unspecified atom stereocenters. The van der Waals surface area contributed by atoms with Gasteiger partial charge in [0.1, 0.15) is 11.6 Å². The van der Waals surface area contributed by atoms with Crippen LogP contribution in [0, 0.1) is 13.8 Å². The summed E-state index contributed by atoms with van der Waals surface area (Å²) in [5.41, 5.74) is 6.04. The predicted molar refractivity (Wildman–Crippen MR) is 115 cm³/mol. The molecule has 1 N–H and O–H groups in total. The lowest BCUT2D eigenvalue weighted by Gasteiger charge is -2.11. The molecule has 0 saturated heterocycles. The molecule has 4 aromatic rings.